The minimum absolute atomic E-state index is 0.882. The Labute approximate surface area is 74.8 Å². The summed E-state index contributed by atoms with van der Waals surface area (Å²) in [5, 5.41) is 3.10. The van der Waals surface area contributed by atoms with Gasteiger partial charge >= 0.3 is 0 Å². The summed E-state index contributed by atoms with van der Waals surface area (Å²) in [6.45, 7) is 0.882. The van der Waals surface area contributed by atoms with Gasteiger partial charge in [0.25, 0.3) is 0 Å². The normalized spacial score (nSPS) is 10.8. The number of fused-ring (bicyclic) bond motifs is 1. The van der Waals surface area contributed by atoms with E-state index < -0.39 is 0 Å². The quantitative estimate of drug-likeness (QED) is 0.757. The second kappa shape index (κ2) is 3.16. The molecule has 3 nitrogen and oxygen atoms in total. The van der Waals surface area contributed by atoms with E-state index in [2.05, 4.69) is 26.2 Å². The molecule has 0 saturated carbocycles. The van der Waals surface area contributed by atoms with E-state index >= 15 is 0 Å². The predicted octanol–water partition coefficient (Wildman–Crippen LogP) is 1.41. The molecular weight excluding hydrogens is 170 g/mol. The van der Waals surface area contributed by atoms with Crippen LogP contribution in [0.4, 0.5) is 0 Å². The molecular formula is C8H9N3S. The molecule has 0 amide bonds. The highest BCUT2D eigenvalue weighted by molar-refractivity contribution is 7.00. The van der Waals surface area contributed by atoms with Gasteiger partial charge in [0.1, 0.15) is 11.0 Å². The van der Waals surface area contributed by atoms with Crippen molar-refractivity contribution in [2.24, 2.45) is 0 Å². The molecule has 1 N–H and O–H groups in total. The smallest absolute Gasteiger partial charge is 0.105 e. The molecule has 0 bridgehead atoms. The number of rotatable bonds is 2. The van der Waals surface area contributed by atoms with E-state index in [4.69, 9.17) is 0 Å². The molecule has 1 heterocycles. The molecule has 1 aromatic carbocycles. The van der Waals surface area contributed by atoms with Crippen LogP contribution < -0.4 is 5.32 Å². The molecule has 4 heteroatoms. The van der Waals surface area contributed by atoms with Crippen molar-refractivity contribution in [2.45, 2.75) is 6.54 Å². The summed E-state index contributed by atoms with van der Waals surface area (Å²) in [5.41, 5.74) is 3.23. The largest absolute Gasteiger partial charge is 0.316 e. The fraction of sp³-hybridized carbons (Fsp3) is 0.250. The Balaban J connectivity index is 2.46. The fourth-order valence-corrected chi connectivity index (χ4v) is 1.66. The zero-order chi connectivity index (χ0) is 8.39. The third-order valence-electron chi connectivity index (χ3n) is 1.70. The topological polar surface area (TPSA) is 37.8 Å². The highest BCUT2D eigenvalue weighted by Gasteiger charge is 1.98. The van der Waals surface area contributed by atoms with E-state index in [0.717, 1.165) is 17.6 Å². The highest BCUT2D eigenvalue weighted by Crippen LogP contribution is 2.12. The third-order valence-corrected chi connectivity index (χ3v) is 2.26. The van der Waals surface area contributed by atoms with E-state index in [1.54, 1.807) is 0 Å². The Hall–Kier alpha value is -1.00. The van der Waals surface area contributed by atoms with Gasteiger partial charge in [0.2, 0.25) is 0 Å². The molecule has 0 radical (unpaired) electrons. The van der Waals surface area contributed by atoms with Crippen molar-refractivity contribution in [3.8, 4) is 0 Å². The number of aromatic nitrogens is 2. The standard InChI is InChI=1S/C8H9N3S/c1-9-5-6-2-3-7-8(4-6)11-12-10-7/h2-4,9H,5H2,1H3. The van der Waals surface area contributed by atoms with Crippen LogP contribution in [0.3, 0.4) is 0 Å². The van der Waals surface area contributed by atoms with Crippen molar-refractivity contribution in [2.75, 3.05) is 7.05 Å². The van der Waals surface area contributed by atoms with Crippen molar-refractivity contribution >= 4 is 22.8 Å². The average molecular weight is 179 g/mol. The van der Waals surface area contributed by atoms with E-state index in [1.165, 1.54) is 17.3 Å². The van der Waals surface area contributed by atoms with Gasteiger partial charge in [-0.1, -0.05) is 6.07 Å². The lowest BCUT2D eigenvalue weighted by Crippen LogP contribution is -2.04. The maximum Gasteiger partial charge on any atom is 0.105 e. The molecule has 0 aliphatic rings. The van der Waals surface area contributed by atoms with E-state index in [9.17, 15) is 0 Å². The maximum absolute atomic E-state index is 4.16. The lowest BCUT2D eigenvalue weighted by Gasteiger charge is -1.97. The lowest BCUT2D eigenvalue weighted by atomic mass is 10.2. The predicted molar refractivity (Wildman–Crippen MR) is 50.2 cm³/mol. The molecule has 0 saturated heterocycles. The van der Waals surface area contributed by atoms with Crippen molar-refractivity contribution < 1.29 is 0 Å². The SMILES string of the molecule is CNCc1ccc2nsnc2c1. The molecule has 0 unspecified atom stereocenters. The Morgan fingerprint density at radius 1 is 1.33 bits per heavy atom. The van der Waals surface area contributed by atoms with Gasteiger partial charge in [0.05, 0.1) is 11.7 Å². The molecule has 2 rings (SSSR count). The summed E-state index contributed by atoms with van der Waals surface area (Å²) in [6.07, 6.45) is 0. The van der Waals surface area contributed by atoms with Crippen LogP contribution in [0, 0.1) is 0 Å². The zero-order valence-corrected chi connectivity index (χ0v) is 7.56. The molecule has 1 aromatic heterocycles. The Bertz CT molecular complexity index is 382. The minimum Gasteiger partial charge on any atom is -0.316 e. The van der Waals surface area contributed by atoms with Gasteiger partial charge in [0.15, 0.2) is 0 Å². The molecule has 2 aromatic rings. The van der Waals surface area contributed by atoms with Crippen LogP contribution >= 0.6 is 11.7 Å². The van der Waals surface area contributed by atoms with Gasteiger partial charge < -0.3 is 5.32 Å². The summed E-state index contributed by atoms with van der Waals surface area (Å²) in [6, 6.07) is 6.14. The van der Waals surface area contributed by atoms with Crippen LogP contribution in [0.25, 0.3) is 11.0 Å². The van der Waals surface area contributed by atoms with Crippen molar-refractivity contribution in [1.29, 1.82) is 0 Å². The molecule has 0 fully saturated rings. The first-order chi connectivity index (χ1) is 5.90. The number of nitrogens with zero attached hydrogens (tertiary/aromatic N) is 2. The highest BCUT2D eigenvalue weighted by atomic mass is 32.1. The first-order valence-electron chi connectivity index (χ1n) is 3.76. The van der Waals surface area contributed by atoms with Gasteiger partial charge in [-0.15, -0.1) is 0 Å². The summed E-state index contributed by atoms with van der Waals surface area (Å²) in [4.78, 5) is 0. The van der Waals surface area contributed by atoms with Gasteiger partial charge in [-0.2, -0.15) is 8.75 Å². The van der Waals surface area contributed by atoms with Crippen LogP contribution in [0.15, 0.2) is 18.2 Å². The maximum atomic E-state index is 4.16. The summed E-state index contributed by atoms with van der Waals surface area (Å²) in [5.74, 6) is 0. The number of hydrogen-bond acceptors (Lipinski definition) is 4. The third kappa shape index (κ3) is 1.31. The van der Waals surface area contributed by atoms with Crippen LogP contribution in [-0.4, -0.2) is 15.8 Å². The molecule has 12 heavy (non-hydrogen) atoms. The molecule has 0 atom stereocenters. The van der Waals surface area contributed by atoms with E-state index in [1.807, 2.05) is 13.1 Å². The lowest BCUT2D eigenvalue weighted by molar-refractivity contribution is 0.819. The van der Waals surface area contributed by atoms with Crippen LogP contribution in [0.1, 0.15) is 5.56 Å². The van der Waals surface area contributed by atoms with E-state index in [-0.39, 0.29) is 0 Å². The Morgan fingerprint density at radius 3 is 3.00 bits per heavy atom. The van der Waals surface area contributed by atoms with Crippen molar-refractivity contribution in [3.05, 3.63) is 23.8 Å². The van der Waals surface area contributed by atoms with Gasteiger partial charge in [-0.25, -0.2) is 0 Å². The van der Waals surface area contributed by atoms with Gasteiger partial charge in [-0.05, 0) is 24.7 Å². The minimum atomic E-state index is 0.882. The number of benzene rings is 1. The second-order valence-electron chi connectivity index (χ2n) is 2.62. The fourth-order valence-electron chi connectivity index (χ4n) is 1.14. The number of nitrogens with one attached hydrogen (secondary N) is 1. The van der Waals surface area contributed by atoms with Crippen molar-refractivity contribution in [1.82, 2.24) is 14.1 Å². The molecule has 0 spiro atoms. The van der Waals surface area contributed by atoms with Crippen LogP contribution in [0.5, 0.6) is 0 Å². The summed E-state index contributed by atoms with van der Waals surface area (Å²) in [7, 11) is 1.93. The molecule has 62 valence electrons. The Kier molecular flexibility index (Phi) is 2.01. The first kappa shape index (κ1) is 7.64. The molecule has 0 aliphatic carbocycles. The summed E-state index contributed by atoms with van der Waals surface area (Å²) < 4.78 is 8.29. The van der Waals surface area contributed by atoms with Gasteiger partial charge in [-0.3, -0.25) is 0 Å². The van der Waals surface area contributed by atoms with Crippen LogP contribution in [-0.2, 0) is 6.54 Å². The van der Waals surface area contributed by atoms with E-state index in [0.29, 0.717) is 0 Å². The number of hydrogen-bond donors (Lipinski definition) is 1. The van der Waals surface area contributed by atoms with Gasteiger partial charge in [0, 0.05) is 6.54 Å². The summed E-state index contributed by atoms with van der Waals surface area (Å²) >= 11 is 1.26. The zero-order valence-electron chi connectivity index (χ0n) is 6.74. The second-order valence-corrected chi connectivity index (χ2v) is 3.15. The monoisotopic (exact) mass is 179 g/mol. The van der Waals surface area contributed by atoms with Crippen molar-refractivity contribution in [3.63, 3.8) is 0 Å². The molecule has 0 aliphatic heterocycles. The Morgan fingerprint density at radius 2 is 2.17 bits per heavy atom. The van der Waals surface area contributed by atoms with Crippen LogP contribution in [0.2, 0.25) is 0 Å². The average Bonchev–Trinajstić information content (AvgIpc) is 2.51. The first-order valence-corrected chi connectivity index (χ1v) is 4.49.